The van der Waals surface area contributed by atoms with E-state index in [1.807, 2.05) is 12.1 Å². The Balaban J connectivity index is 1.35. The Labute approximate surface area is 182 Å². The van der Waals surface area contributed by atoms with Gasteiger partial charge in [0.15, 0.2) is 0 Å². The first kappa shape index (κ1) is 20.1. The minimum Gasteiger partial charge on any atom is -0.456 e. The normalized spacial score (nSPS) is 10.8. The summed E-state index contributed by atoms with van der Waals surface area (Å²) in [6.45, 7) is 1.01. The number of hydrogen-bond acceptors (Lipinski definition) is 2. The van der Waals surface area contributed by atoms with Crippen LogP contribution in [0.3, 0.4) is 0 Å². The second kappa shape index (κ2) is 9.52. The number of hydrogen-bond donors (Lipinski definition) is 0. The van der Waals surface area contributed by atoms with Gasteiger partial charge >= 0.3 is 0 Å². The van der Waals surface area contributed by atoms with Crippen molar-refractivity contribution in [1.29, 1.82) is 5.26 Å². The second-order valence-electron chi connectivity index (χ2n) is 7.39. The van der Waals surface area contributed by atoms with E-state index in [1.54, 1.807) is 18.2 Å². The number of ether oxygens (including phenoxy) is 1. The minimum absolute atomic E-state index is 0.433. The number of rotatable bonds is 8. The summed E-state index contributed by atoms with van der Waals surface area (Å²) in [5, 5.41) is 10.5. The number of nitriles is 1. The van der Waals surface area contributed by atoms with Gasteiger partial charge in [0.1, 0.15) is 11.5 Å². The van der Waals surface area contributed by atoms with Crippen LogP contribution in [0.1, 0.15) is 30.4 Å². The molecule has 0 saturated carbocycles. The maximum absolute atomic E-state index is 8.96. The lowest BCUT2D eigenvalue weighted by molar-refractivity contribution is 0.483. The van der Waals surface area contributed by atoms with Gasteiger partial charge in [0.2, 0.25) is 0 Å². The van der Waals surface area contributed by atoms with E-state index in [2.05, 4.69) is 59.3 Å². The first-order valence-corrected chi connectivity index (χ1v) is 10.6. The molecule has 3 nitrogen and oxygen atoms in total. The van der Waals surface area contributed by atoms with Crippen molar-refractivity contribution in [3.63, 3.8) is 0 Å². The molecule has 3 aromatic carbocycles. The van der Waals surface area contributed by atoms with Crippen molar-refractivity contribution in [1.82, 2.24) is 4.57 Å². The first-order chi connectivity index (χ1) is 14.7. The Hall–Kier alpha value is -3.22. The minimum atomic E-state index is 0.433. The summed E-state index contributed by atoms with van der Waals surface area (Å²) in [7, 11) is 0. The molecule has 0 saturated heterocycles. The zero-order valence-corrected chi connectivity index (χ0v) is 17.5. The number of aryl methyl sites for hydroxylation is 2. The van der Waals surface area contributed by atoms with E-state index in [9.17, 15) is 0 Å². The largest absolute Gasteiger partial charge is 0.456 e. The molecule has 4 aromatic rings. The average Bonchev–Trinajstić information content (AvgIpc) is 3.18. The Morgan fingerprint density at radius 2 is 1.77 bits per heavy atom. The number of unbranched alkanes of at least 4 members (excludes halogenated alkanes) is 2. The average molecular weight is 415 g/mol. The zero-order chi connectivity index (χ0) is 20.8. The Morgan fingerprint density at radius 3 is 2.57 bits per heavy atom. The van der Waals surface area contributed by atoms with Crippen molar-refractivity contribution in [2.45, 2.75) is 32.2 Å². The molecule has 0 atom stereocenters. The van der Waals surface area contributed by atoms with Crippen LogP contribution in [0.25, 0.3) is 10.9 Å². The molecule has 0 fully saturated rings. The topological polar surface area (TPSA) is 37.9 Å². The fraction of sp³-hybridized carbons (Fsp3) is 0.192. The smallest absolute Gasteiger partial charge is 0.146 e. The van der Waals surface area contributed by atoms with E-state index >= 15 is 0 Å². The van der Waals surface area contributed by atoms with Crippen LogP contribution in [0, 0.1) is 11.3 Å². The van der Waals surface area contributed by atoms with Gasteiger partial charge in [-0.05, 0) is 67.3 Å². The highest BCUT2D eigenvalue weighted by Crippen LogP contribution is 2.32. The van der Waals surface area contributed by atoms with Gasteiger partial charge in [0.05, 0.1) is 16.7 Å². The lowest BCUT2D eigenvalue weighted by Crippen LogP contribution is -1.96. The maximum Gasteiger partial charge on any atom is 0.146 e. The first-order valence-electron chi connectivity index (χ1n) is 10.2. The number of fused-ring (bicyclic) bond motifs is 1. The van der Waals surface area contributed by atoms with Crippen LogP contribution in [-0.4, -0.2) is 4.57 Å². The molecule has 4 heteroatoms. The van der Waals surface area contributed by atoms with Crippen LogP contribution in [0.5, 0.6) is 11.5 Å². The summed E-state index contributed by atoms with van der Waals surface area (Å²) in [6, 6.07) is 26.0. The highest BCUT2D eigenvalue weighted by Gasteiger charge is 2.07. The van der Waals surface area contributed by atoms with Gasteiger partial charge in [-0.15, -0.1) is 0 Å². The van der Waals surface area contributed by atoms with Crippen molar-refractivity contribution in [3.05, 3.63) is 95.1 Å². The van der Waals surface area contributed by atoms with Gasteiger partial charge in [0, 0.05) is 23.6 Å². The third kappa shape index (κ3) is 4.84. The Kier molecular flexibility index (Phi) is 6.37. The summed E-state index contributed by atoms with van der Waals surface area (Å²) < 4.78 is 8.23. The van der Waals surface area contributed by atoms with Crippen LogP contribution >= 0.6 is 11.6 Å². The maximum atomic E-state index is 8.96. The van der Waals surface area contributed by atoms with Gasteiger partial charge in [-0.3, -0.25) is 0 Å². The van der Waals surface area contributed by atoms with E-state index in [0.717, 1.165) is 30.5 Å². The van der Waals surface area contributed by atoms with Gasteiger partial charge in [-0.2, -0.15) is 5.26 Å². The number of aromatic nitrogens is 1. The molecular formula is C26H23ClN2O. The molecule has 1 heterocycles. The molecule has 150 valence electrons. The van der Waals surface area contributed by atoms with Crippen molar-refractivity contribution >= 4 is 22.5 Å². The molecule has 1 aromatic heterocycles. The molecule has 0 aliphatic carbocycles. The SMILES string of the molecule is N#Cc1ccc(Oc2ccc3c(ccn3CCCCCc3ccccc3)c2)c(Cl)c1. The quantitative estimate of drug-likeness (QED) is 0.282. The summed E-state index contributed by atoms with van der Waals surface area (Å²) in [5.41, 5.74) is 3.14. The molecule has 0 spiro atoms. The van der Waals surface area contributed by atoms with E-state index in [1.165, 1.54) is 23.9 Å². The van der Waals surface area contributed by atoms with Gasteiger partial charge in [-0.1, -0.05) is 48.4 Å². The molecule has 0 N–H and O–H groups in total. The van der Waals surface area contributed by atoms with Gasteiger partial charge in [-0.25, -0.2) is 0 Å². The number of benzene rings is 3. The van der Waals surface area contributed by atoms with Crippen molar-refractivity contribution < 1.29 is 4.74 Å². The van der Waals surface area contributed by atoms with Crippen molar-refractivity contribution in [2.75, 3.05) is 0 Å². The molecule has 0 amide bonds. The predicted molar refractivity (Wildman–Crippen MR) is 122 cm³/mol. The summed E-state index contributed by atoms with van der Waals surface area (Å²) in [6.07, 6.45) is 6.88. The molecule has 0 unspecified atom stereocenters. The van der Waals surface area contributed by atoms with Crippen LogP contribution in [-0.2, 0) is 13.0 Å². The van der Waals surface area contributed by atoms with Crippen LogP contribution in [0.4, 0.5) is 0 Å². The van der Waals surface area contributed by atoms with Crippen LogP contribution in [0.15, 0.2) is 79.0 Å². The molecule has 30 heavy (non-hydrogen) atoms. The highest BCUT2D eigenvalue weighted by molar-refractivity contribution is 6.32. The van der Waals surface area contributed by atoms with Crippen molar-refractivity contribution in [3.8, 4) is 17.6 Å². The summed E-state index contributed by atoms with van der Waals surface area (Å²) in [4.78, 5) is 0. The molecule has 0 aliphatic rings. The third-order valence-corrected chi connectivity index (χ3v) is 5.53. The summed E-state index contributed by atoms with van der Waals surface area (Å²) in [5.74, 6) is 1.28. The highest BCUT2D eigenvalue weighted by atomic mass is 35.5. The Morgan fingerprint density at radius 1 is 0.900 bits per heavy atom. The van der Waals surface area contributed by atoms with Crippen LogP contribution < -0.4 is 4.74 Å². The molecule has 0 bridgehead atoms. The second-order valence-corrected chi connectivity index (χ2v) is 7.79. The fourth-order valence-corrected chi connectivity index (χ4v) is 3.87. The monoisotopic (exact) mass is 414 g/mol. The molecule has 0 radical (unpaired) electrons. The lowest BCUT2D eigenvalue weighted by atomic mass is 10.1. The van der Waals surface area contributed by atoms with E-state index in [4.69, 9.17) is 21.6 Å². The standard InChI is InChI=1S/C26H23ClN2O/c27-24-17-21(19-28)10-13-26(24)30-23-11-12-25-22(18-23)14-16-29(25)15-6-2-5-9-20-7-3-1-4-8-20/h1,3-4,7-8,10-14,16-18H,2,5-6,9,15H2. The lowest BCUT2D eigenvalue weighted by Gasteiger charge is -2.09. The number of nitrogens with zero attached hydrogens (tertiary/aromatic N) is 2. The van der Waals surface area contributed by atoms with Gasteiger partial charge < -0.3 is 9.30 Å². The van der Waals surface area contributed by atoms with Crippen molar-refractivity contribution in [2.24, 2.45) is 0 Å². The van der Waals surface area contributed by atoms with Crippen LogP contribution in [0.2, 0.25) is 5.02 Å². The molecule has 0 aliphatic heterocycles. The van der Waals surface area contributed by atoms with E-state index in [0.29, 0.717) is 16.3 Å². The van der Waals surface area contributed by atoms with E-state index < -0.39 is 0 Å². The zero-order valence-electron chi connectivity index (χ0n) is 16.7. The fourth-order valence-electron chi connectivity index (χ4n) is 3.65. The van der Waals surface area contributed by atoms with E-state index in [-0.39, 0.29) is 0 Å². The summed E-state index contributed by atoms with van der Waals surface area (Å²) >= 11 is 6.22. The Bertz CT molecular complexity index is 1170. The number of halogens is 1. The third-order valence-electron chi connectivity index (χ3n) is 5.24. The molecule has 4 rings (SSSR count). The molecular weight excluding hydrogens is 392 g/mol. The predicted octanol–water partition coefficient (Wildman–Crippen LogP) is 7.37. The van der Waals surface area contributed by atoms with Gasteiger partial charge in [0.25, 0.3) is 0 Å².